The Morgan fingerprint density at radius 3 is 3.00 bits per heavy atom. The summed E-state index contributed by atoms with van der Waals surface area (Å²) in [5.41, 5.74) is 2.26. The van der Waals surface area contributed by atoms with Crippen molar-refractivity contribution in [1.82, 2.24) is 25.2 Å². The van der Waals surface area contributed by atoms with Crippen LogP contribution in [-0.4, -0.2) is 36.9 Å². The van der Waals surface area contributed by atoms with Gasteiger partial charge in [-0.2, -0.15) is 0 Å². The van der Waals surface area contributed by atoms with E-state index in [4.69, 9.17) is 4.42 Å². The molecule has 5 rings (SSSR count). The van der Waals surface area contributed by atoms with Crippen molar-refractivity contribution in [2.45, 2.75) is 42.8 Å². The fourth-order valence-corrected chi connectivity index (χ4v) is 3.43. The lowest BCUT2D eigenvalue weighted by atomic mass is 10.3. The third kappa shape index (κ3) is 3.11. The molecule has 2 saturated carbocycles. The summed E-state index contributed by atoms with van der Waals surface area (Å²) in [5, 5.41) is 15.2. The summed E-state index contributed by atoms with van der Waals surface area (Å²) in [6.07, 6.45) is 4.50. The van der Waals surface area contributed by atoms with Crippen molar-refractivity contribution in [3.8, 4) is 0 Å². The van der Waals surface area contributed by atoms with Crippen LogP contribution in [0.15, 0.2) is 27.8 Å². The van der Waals surface area contributed by atoms with Gasteiger partial charge in [-0.1, -0.05) is 11.8 Å². The molecule has 2 heterocycles. The molecule has 0 saturated heterocycles. The second-order valence-electron chi connectivity index (χ2n) is 6.48. The molecule has 1 amide bonds. The molecule has 8 nitrogen and oxygen atoms in total. The van der Waals surface area contributed by atoms with Crippen molar-refractivity contribution < 1.29 is 9.21 Å². The minimum Gasteiger partial charge on any atom is -0.440 e. The monoisotopic (exact) mass is 356 g/mol. The van der Waals surface area contributed by atoms with Crippen LogP contribution >= 0.6 is 11.8 Å². The number of fused-ring (bicyclic) bond motifs is 1. The molecule has 2 fully saturated rings. The van der Waals surface area contributed by atoms with E-state index < -0.39 is 0 Å². The molecule has 0 aliphatic heterocycles. The van der Waals surface area contributed by atoms with Crippen molar-refractivity contribution in [3.05, 3.63) is 24.1 Å². The number of benzene rings is 1. The molecule has 0 atom stereocenters. The maximum Gasteiger partial charge on any atom is 0.234 e. The number of amides is 1. The Morgan fingerprint density at radius 2 is 2.20 bits per heavy atom. The van der Waals surface area contributed by atoms with Gasteiger partial charge in [-0.05, 0) is 54.3 Å². The van der Waals surface area contributed by atoms with Gasteiger partial charge >= 0.3 is 0 Å². The number of tetrazole rings is 1. The first-order chi connectivity index (χ1) is 12.3. The van der Waals surface area contributed by atoms with Gasteiger partial charge in [0.15, 0.2) is 11.5 Å². The number of oxazole rings is 1. The highest BCUT2D eigenvalue weighted by Gasteiger charge is 2.29. The number of aromatic nitrogens is 5. The number of thioether (sulfide) groups is 1. The Bertz CT molecular complexity index is 943. The van der Waals surface area contributed by atoms with E-state index in [0.29, 0.717) is 17.1 Å². The van der Waals surface area contributed by atoms with E-state index in [9.17, 15) is 4.79 Å². The molecule has 1 N–H and O–H groups in total. The van der Waals surface area contributed by atoms with E-state index in [2.05, 4.69) is 25.8 Å². The summed E-state index contributed by atoms with van der Waals surface area (Å²) < 4.78 is 7.54. The molecular weight excluding hydrogens is 340 g/mol. The smallest absolute Gasteiger partial charge is 0.234 e. The molecule has 9 heteroatoms. The third-order valence-electron chi connectivity index (χ3n) is 4.30. The van der Waals surface area contributed by atoms with E-state index in [1.807, 2.05) is 18.2 Å². The molecule has 25 heavy (non-hydrogen) atoms. The highest BCUT2D eigenvalue weighted by atomic mass is 32.2. The molecule has 0 bridgehead atoms. The molecule has 0 spiro atoms. The summed E-state index contributed by atoms with van der Waals surface area (Å²) in [6.45, 7) is 0. The quantitative estimate of drug-likeness (QED) is 0.678. The van der Waals surface area contributed by atoms with Crippen LogP contribution in [0.4, 0.5) is 5.69 Å². The molecule has 1 aromatic carbocycles. The number of rotatable bonds is 6. The molecule has 128 valence electrons. The van der Waals surface area contributed by atoms with Crippen LogP contribution in [0.1, 0.15) is 43.5 Å². The van der Waals surface area contributed by atoms with Crippen molar-refractivity contribution >= 4 is 34.5 Å². The number of carbonyl (C=O) groups is 1. The number of hydrogen-bond acceptors (Lipinski definition) is 7. The summed E-state index contributed by atoms with van der Waals surface area (Å²) in [5.74, 6) is 1.44. The molecule has 0 radical (unpaired) electrons. The number of hydrogen-bond donors (Lipinski definition) is 1. The van der Waals surface area contributed by atoms with Gasteiger partial charge in [0.25, 0.3) is 0 Å². The van der Waals surface area contributed by atoms with Gasteiger partial charge in [0.1, 0.15) is 5.52 Å². The Hall–Kier alpha value is -2.42. The lowest BCUT2D eigenvalue weighted by Crippen LogP contribution is -2.14. The van der Waals surface area contributed by atoms with Gasteiger partial charge in [0.05, 0.1) is 11.8 Å². The van der Waals surface area contributed by atoms with Gasteiger partial charge in [-0.3, -0.25) is 4.79 Å². The number of nitrogens with one attached hydrogen (secondary N) is 1. The van der Waals surface area contributed by atoms with Crippen LogP contribution < -0.4 is 5.32 Å². The minimum absolute atomic E-state index is 0.0967. The summed E-state index contributed by atoms with van der Waals surface area (Å²) in [7, 11) is 0. The maximum absolute atomic E-state index is 12.2. The largest absolute Gasteiger partial charge is 0.440 e. The predicted octanol–water partition coefficient (Wildman–Crippen LogP) is 2.76. The lowest BCUT2D eigenvalue weighted by molar-refractivity contribution is -0.113. The Kier molecular flexibility index (Phi) is 3.47. The van der Waals surface area contributed by atoms with Crippen LogP contribution in [0, 0.1) is 0 Å². The molecular formula is C16H16N6O2S. The average Bonchev–Trinajstić information content (AvgIpc) is 3.54. The van der Waals surface area contributed by atoms with Crippen LogP contribution in [0.2, 0.25) is 0 Å². The van der Waals surface area contributed by atoms with E-state index in [1.165, 1.54) is 11.8 Å². The first-order valence-corrected chi connectivity index (χ1v) is 9.36. The first kappa shape index (κ1) is 14.9. The summed E-state index contributed by atoms with van der Waals surface area (Å²) in [4.78, 5) is 16.7. The van der Waals surface area contributed by atoms with E-state index >= 15 is 0 Å². The van der Waals surface area contributed by atoms with Crippen LogP contribution in [0.5, 0.6) is 0 Å². The Balaban J connectivity index is 1.24. The SMILES string of the molecule is O=C(CSc1nnnn1C1CC1)Nc1ccc2oc(C3CC3)nc2c1. The molecule has 2 aliphatic carbocycles. The highest BCUT2D eigenvalue weighted by molar-refractivity contribution is 7.99. The summed E-state index contributed by atoms with van der Waals surface area (Å²) in [6, 6.07) is 5.93. The van der Waals surface area contributed by atoms with Gasteiger partial charge in [-0.15, -0.1) is 5.10 Å². The van der Waals surface area contributed by atoms with E-state index in [0.717, 1.165) is 48.4 Å². The normalized spacial score (nSPS) is 17.1. The topological polar surface area (TPSA) is 98.7 Å². The average molecular weight is 356 g/mol. The van der Waals surface area contributed by atoms with E-state index in [-0.39, 0.29) is 11.7 Å². The molecule has 2 aromatic heterocycles. The zero-order valence-electron chi connectivity index (χ0n) is 13.4. The third-order valence-corrected chi connectivity index (χ3v) is 5.24. The molecule has 2 aliphatic rings. The second kappa shape index (κ2) is 5.83. The fourth-order valence-electron chi connectivity index (χ4n) is 2.68. The minimum atomic E-state index is -0.0967. The zero-order valence-corrected chi connectivity index (χ0v) is 14.2. The summed E-state index contributed by atoms with van der Waals surface area (Å²) >= 11 is 1.35. The van der Waals surface area contributed by atoms with E-state index in [1.54, 1.807) is 4.68 Å². The number of nitrogens with zero attached hydrogens (tertiary/aromatic N) is 5. The van der Waals surface area contributed by atoms with Crippen LogP contribution in [0.25, 0.3) is 11.1 Å². The van der Waals surface area contributed by atoms with Crippen molar-refractivity contribution in [2.75, 3.05) is 11.1 Å². The predicted molar refractivity (Wildman–Crippen MR) is 91.4 cm³/mol. The standard InChI is InChI=1S/C16H16N6O2S/c23-14(8-25-16-19-20-21-22(16)11-4-5-11)17-10-3-6-13-12(7-10)18-15(24-13)9-1-2-9/h3,6-7,9,11H,1-2,4-5,8H2,(H,17,23). The second-order valence-corrected chi connectivity index (χ2v) is 7.43. The molecule has 0 unspecified atom stereocenters. The zero-order chi connectivity index (χ0) is 16.8. The van der Waals surface area contributed by atoms with Gasteiger partial charge in [0, 0.05) is 11.6 Å². The molecule has 3 aromatic rings. The fraction of sp³-hybridized carbons (Fsp3) is 0.438. The van der Waals surface area contributed by atoms with Crippen LogP contribution in [-0.2, 0) is 4.79 Å². The first-order valence-electron chi connectivity index (χ1n) is 8.37. The maximum atomic E-state index is 12.2. The van der Waals surface area contributed by atoms with Crippen molar-refractivity contribution in [2.24, 2.45) is 0 Å². The van der Waals surface area contributed by atoms with Gasteiger partial charge in [-0.25, -0.2) is 9.67 Å². The Labute approximate surface area is 147 Å². The highest BCUT2D eigenvalue weighted by Crippen LogP contribution is 2.40. The van der Waals surface area contributed by atoms with Crippen LogP contribution in [0.3, 0.4) is 0 Å². The lowest BCUT2D eigenvalue weighted by Gasteiger charge is -2.05. The van der Waals surface area contributed by atoms with Gasteiger partial charge < -0.3 is 9.73 Å². The van der Waals surface area contributed by atoms with Crippen molar-refractivity contribution in [3.63, 3.8) is 0 Å². The number of anilines is 1. The van der Waals surface area contributed by atoms with Crippen molar-refractivity contribution in [1.29, 1.82) is 0 Å². The Morgan fingerprint density at radius 1 is 1.32 bits per heavy atom. The van der Waals surface area contributed by atoms with Gasteiger partial charge in [0.2, 0.25) is 11.1 Å². The number of carbonyl (C=O) groups excluding carboxylic acids is 1.